The molecular formula is C14H14N. The van der Waals surface area contributed by atoms with E-state index in [-0.39, 0.29) is 0 Å². The summed E-state index contributed by atoms with van der Waals surface area (Å²) in [7, 11) is 0. The van der Waals surface area contributed by atoms with Crippen molar-refractivity contribution in [2.75, 3.05) is 0 Å². The van der Waals surface area contributed by atoms with E-state index in [4.69, 9.17) is 0 Å². The van der Waals surface area contributed by atoms with E-state index < -0.39 is 0 Å². The number of aromatic nitrogens is 1. The zero-order valence-corrected chi connectivity index (χ0v) is 8.69. The Morgan fingerprint density at radius 2 is 1.87 bits per heavy atom. The first-order chi connectivity index (χ1) is 7.45. The molecule has 0 spiro atoms. The van der Waals surface area contributed by atoms with Gasteiger partial charge in [-0.25, -0.2) is 0 Å². The lowest BCUT2D eigenvalue weighted by Gasteiger charge is -2.00. The van der Waals surface area contributed by atoms with Gasteiger partial charge in [0.15, 0.2) is 0 Å². The molecule has 75 valence electrons. The third-order valence-electron chi connectivity index (χ3n) is 2.41. The van der Waals surface area contributed by atoms with Gasteiger partial charge in [-0.05, 0) is 43.0 Å². The van der Waals surface area contributed by atoms with Crippen LogP contribution < -0.4 is 0 Å². The van der Waals surface area contributed by atoms with E-state index in [1.165, 1.54) is 11.3 Å². The van der Waals surface area contributed by atoms with Gasteiger partial charge in [-0.2, -0.15) is 0 Å². The molecule has 1 radical (unpaired) electrons. The van der Waals surface area contributed by atoms with Gasteiger partial charge in [0.1, 0.15) is 0 Å². The highest BCUT2D eigenvalue weighted by Crippen LogP contribution is 2.05. The summed E-state index contributed by atoms with van der Waals surface area (Å²) in [6, 6.07) is 17.3. The minimum Gasteiger partial charge on any atom is -0.261 e. The molecule has 1 aromatic carbocycles. The standard InChI is InChI=1S/C14H14N/c1-2-7-13(8-3-1)9-6-11-14-10-4-5-12-15-14/h2-5,7-8,10,12H,6,9,11H2. The molecule has 0 saturated heterocycles. The third-order valence-corrected chi connectivity index (χ3v) is 2.41. The van der Waals surface area contributed by atoms with Crippen LogP contribution in [0.5, 0.6) is 0 Å². The molecule has 1 aromatic heterocycles. The minimum atomic E-state index is 1.06. The Morgan fingerprint density at radius 3 is 2.60 bits per heavy atom. The van der Waals surface area contributed by atoms with Crippen LogP contribution in [0.2, 0.25) is 0 Å². The predicted molar refractivity (Wildman–Crippen MR) is 61.5 cm³/mol. The third kappa shape index (κ3) is 3.21. The number of benzene rings is 1. The Labute approximate surface area is 90.8 Å². The van der Waals surface area contributed by atoms with Gasteiger partial charge < -0.3 is 0 Å². The van der Waals surface area contributed by atoms with E-state index >= 15 is 0 Å². The van der Waals surface area contributed by atoms with Gasteiger partial charge in [0, 0.05) is 11.9 Å². The van der Waals surface area contributed by atoms with E-state index in [1.807, 2.05) is 30.5 Å². The van der Waals surface area contributed by atoms with Crippen molar-refractivity contribution < 1.29 is 0 Å². The average molecular weight is 196 g/mol. The van der Waals surface area contributed by atoms with E-state index in [1.54, 1.807) is 0 Å². The van der Waals surface area contributed by atoms with Crippen LogP contribution >= 0.6 is 0 Å². The molecule has 2 aromatic rings. The summed E-state index contributed by atoms with van der Waals surface area (Å²) in [5.41, 5.74) is 2.56. The van der Waals surface area contributed by atoms with Gasteiger partial charge in [-0.15, -0.1) is 0 Å². The highest BCUT2D eigenvalue weighted by molar-refractivity contribution is 5.14. The van der Waals surface area contributed by atoms with Crippen molar-refractivity contribution >= 4 is 0 Å². The van der Waals surface area contributed by atoms with E-state index in [0.717, 1.165) is 19.3 Å². The number of rotatable bonds is 4. The Kier molecular flexibility index (Phi) is 3.50. The van der Waals surface area contributed by atoms with Crippen molar-refractivity contribution in [1.82, 2.24) is 4.98 Å². The van der Waals surface area contributed by atoms with Gasteiger partial charge in [0.2, 0.25) is 0 Å². The highest BCUT2D eigenvalue weighted by atomic mass is 14.7. The van der Waals surface area contributed by atoms with Crippen LogP contribution in [0.1, 0.15) is 17.7 Å². The summed E-state index contributed by atoms with van der Waals surface area (Å²) in [5, 5.41) is 0. The quantitative estimate of drug-likeness (QED) is 0.732. The van der Waals surface area contributed by atoms with Crippen molar-refractivity contribution in [2.24, 2.45) is 0 Å². The van der Waals surface area contributed by atoms with Crippen molar-refractivity contribution in [2.45, 2.75) is 19.3 Å². The zero-order chi connectivity index (χ0) is 10.3. The minimum absolute atomic E-state index is 1.06. The smallest absolute Gasteiger partial charge is 0.0403 e. The van der Waals surface area contributed by atoms with Crippen molar-refractivity contribution in [3.8, 4) is 0 Å². The molecule has 15 heavy (non-hydrogen) atoms. The summed E-state index contributed by atoms with van der Waals surface area (Å²) in [6.07, 6.45) is 5.18. The molecule has 1 heterocycles. The Bertz CT molecular complexity index is 341. The molecule has 0 saturated carbocycles. The fourth-order valence-corrected chi connectivity index (χ4v) is 1.61. The molecule has 0 aliphatic rings. The number of hydrogen-bond acceptors (Lipinski definition) is 1. The number of nitrogens with zero attached hydrogens (tertiary/aromatic N) is 1. The number of pyridine rings is 1. The molecule has 1 heteroatoms. The summed E-state index contributed by atoms with van der Waals surface area (Å²) in [6.45, 7) is 0. The maximum atomic E-state index is 4.30. The predicted octanol–water partition coefficient (Wildman–Crippen LogP) is 3.06. The molecule has 0 bridgehead atoms. The number of hydrogen-bond donors (Lipinski definition) is 0. The maximum Gasteiger partial charge on any atom is 0.0403 e. The number of aryl methyl sites for hydroxylation is 2. The molecule has 0 amide bonds. The van der Waals surface area contributed by atoms with Crippen molar-refractivity contribution in [1.29, 1.82) is 0 Å². The van der Waals surface area contributed by atoms with E-state index in [0.29, 0.717) is 0 Å². The van der Waals surface area contributed by atoms with Crippen molar-refractivity contribution in [3.05, 3.63) is 66.0 Å². The lowest BCUT2D eigenvalue weighted by Crippen LogP contribution is -1.91. The van der Waals surface area contributed by atoms with Gasteiger partial charge in [-0.3, -0.25) is 4.98 Å². The maximum absolute atomic E-state index is 4.30. The van der Waals surface area contributed by atoms with Crippen LogP contribution in [0.4, 0.5) is 0 Å². The molecule has 0 unspecified atom stereocenters. The lowest BCUT2D eigenvalue weighted by molar-refractivity contribution is 0.799. The molecule has 2 rings (SSSR count). The van der Waals surface area contributed by atoms with Crippen LogP contribution in [0.25, 0.3) is 0 Å². The zero-order valence-electron chi connectivity index (χ0n) is 8.69. The first kappa shape index (κ1) is 9.91. The SMILES string of the molecule is [c]1ccc(CCCc2ccccn2)cc1. The molecular weight excluding hydrogens is 182 g/mol. The molecule has 0 N–H and O–H groups in total. The summed E-state index contributed by atoms with van der Waals surface area (Å²) >= 11 is 0. The van der Waals surface area contributed by atoms with E-state index in [9.17, 15) is 0 Å². The van der Waals surface area contributed by atoms with Gasteiger partial charge in [0.05, 0.1) is 0 Å². The second-order valence-electron chi connectivity index (χ2n) is 3.58. The summed E-state index contributed by atoms with van der Waals surface area (Å²) in [4.78, 5) is 4.30. The first-order valence-corrected chi connectivity index (χ1v) is 5.30. The fraction of sp³-hybridized carbons (Fsp3) is 0.214. The highest BCUT2D eigenvalue weighted by Gasteiger charge is 1.94. The lowest BCUT2D eigenvalue weighted by atomic mass is 10.1. The molecule has 0 aliphatic heterocycles. The van der Waals surface area contributed by atoms with Crippen LogP contribution in [0.3, 0.4) is 0 Å². The monoisotopic (exact) mass is 196 g/mol. The Balaban J connectivity index is 1.81. The second kappa shape index (κ2) is 5.30. The molecule has 0 aliphatic carbocycles. The van der Waals surface area contributed by atoms with Crippen molar-refractivity contribution in [3.63, 3.8) is 0 Å². The molecule has 0 atom stereocenters. The van der Waals surface area contributed by atoms with Gasteiger partial charge >= 0.3 is 0 Å². The van der Waals surface area contributed by atoms with Crippen LogP contribution in [-0.4, -0.2) is 4.98 Å². The van der Waals surface area contributed by atoms with Gasteiger partial charge in [-0.1, -0.05) is 30.3 Å². The summed E-state index contributed by atoms with van der Waals surface area (Å²) < 4.78 is 0. The van der Waals surface area contributed by atoms with Gasteiger partial charge in [0.25, 0.3) is 0 Å². The molecule has 0 fully saturated rings. The average Bonchev–Trinajstić information content (AvgIpc) is 2.32. The Hall–Kier alpha value is -1.63. The molecule has 1 nitrogen and oxygen atoms in total. The summed E-state index contributed by atoms with van der Waals surface area (Å²) in [5.74, 6) is 0. The van der Waals surface area contributed by atoms with Crippen LogP contribution in [0.15, 0.2) is 48.7 Å². The Morgan fingerprint density at radius 1 is 1.00 bits per heavy atom. The topological polar surface area (TPSA) is 12.9 Å². The van der Waals surface area contributed by atoms with Crippen LogP contribution in [-0.2, 0) is 12.8 Å². The fourth-order valence-electron chi connectivity index (χ4n) is 1.61. The second-order valence-corrected chi connectivity index (χ2v) is 3.58. The normalized spacial score (nSPS) is 10.1. The first-order valence-electron chi connectivity index (χ1n) is 5.30. The largest absolute Gasteiger partial charge is 0.261 e. The van der Waals surface area contributed by atoms with E-state index in [2.05, 4.69) is 29.2 Å². The van der Waals surface area contributed by atoms with Crippen LogP contribution in [0, 0.1) is 6.07 Å².